The molecule has 0 bridgehead atoms. The molecule has 0 aliphatic carbocycles. The summed E-state index contributed by atoms with van der Waals surface area (Å²) in [6.07, 6.45) is -5.43. The lowest BCUT2D eigenvalue weighted by Gasteiger charge is -2.16. The highest BCUT2D eigenvalue weighted by Crippen LogP contribution is 2.35. The van der Waals surface area contributed by atoms with Crippen molar-refractivity contribution in [2.75, 3.05) is 0 Å². The summed E-state index contributed by atoms with van der Waals surface area (Å²) in [6.45, 7) is 0. The van der Waals surface area contributed by atoms with Crippen LogP contribution in [0.15, 0.2) is 29.2 Å². The fourth-order valence-electron chi connectivity index (χ4n) is 1.70. The highest BCUT2D eigenvalue weighted by Gasteiger charge is 2.40. The van der Waals surface area contributed by atoms with Crippen LogP contribution in [-0.4, -0.2) is 25.3 Å². The fourth-order valence-corrected chi connectivity index (χ4v) is 2.84. The zero-order valence-electron chi connectivity index (χ0n) is 10.3. The molecule has 1 aromatic carbocycles. The molecule has 0 N–H and O–H groups in total. The minimum absolute atomic E-state index is 0.0253. The minimum Gasteiger partial charge on any atom is -0.272 e. The molecular formula is C11H8F3NO5S. The molecule has 0 spiro atoms. The van der Waals surface area contributed by atoms with Crippen molar-refractivity contribution in [3.63, 3.8) is 0 Å². The summed E-state index contributed by atoms with van der Waals surface area (Å²) >= 11 is 0. The fraction of sp³-hybridized carbons (Fsp3) is 0.273. The number of hydrogen-bond donors (Lipinski definition) is 0. The quantitative estimate of drug-likeness (QED) is 0.787. The van der Waals surface area contributed by atoms with Gasteiger partial charge in [-0.3, -0.25) is 9.59 Å². The lowest BCUT2D eigenvalue weighted by atomic mass is 10.2. The summed E-state index contributed by atoms with van der Waals surface area (Å²) in [5, 5.41) is -0.0253. The maximum atomic E-state index is 12.8. The number of nitrogens with zero attached hydrogens (tertiary/aromatic N) is 1. The molecule has 2 amide bonds. The molecule has 0 radical (unpaired) electrons. The van der Waals surface area contributed by atoms with Crippen molar-refractivity contribution in [2.24, 2.45) is 0 Å². The van der Waals surface area contributed by atoms with Gasteiger partial charge in [-0.15, -0.1) is 9.35 Å². The van der Waals surface area contributed by atoms with Crippen LogP contribution in [0.5, 0.6) is 0 Å². The molecule has 114 valence electrons. The highest BCUT2D eigenvalue weighted by molar-refractivity contribution is 7.86. The number of amides is 2. The molecule has 0 unspecified atom stereocenters. The lowest BCUT2D eigenvalue weighted by molar-refractivity contribution is -0.163. The van der Waals surface area contributed by atoms with E-state index in [0.717, 1.165) is 12.1 Å². The van der Waals surface area contributed by atoms with Crippen LogP contribution in [0, 0.1) is 0 Å². The van der Waals surface area contributed by atoms with Crippen LogP contribution in [0.25, 0.3) is 0 Å². The first-order chi connectivity index (χ1) is 9.63. The van der Waals surface area contributed by atoms with Crippen molar-refractivity contribution < 1.29 is 35.5 Å². The summed E-state index contributed by atoms with van der Waals surface area (Å²) in [5.41, 5.74) is -1.44. The van der Waals surface area contributed by atoms with Crippen LogP contribution in [0.4, 0.5) is 13.2 Å². The number of halogens is 3. The number of alkyl halides is 3. The SMILES string of the molecule is O=C1CCC(=O)N1OS(=O)(=O)c1ccccc1C(F)(F)F. The van der Waals surface area contributed by atoms with Crippen molar-refractivity contribution >= 4 is 21.9 Å². The molecule has 0 atom stereocenters. The van der Waals surface area contributed by atoms with Crippen LogP contribution in [0.3, 0.4) is 0 Å². The summed E-state index contributed by atoms with van der Waals surface area (Å²) in [6, 6.07) is 3.32. The topological polar surface area (TPSA) is 80.8 Å². The predicted octanol–water partition coefficient (Wildman–Crippen LogP) is 1.47. The minimum atomic E-state index is -4.96. The Morgan fingerprint density at radius 2 is 1.57 bits per heavy atom. The van der Waals surface area contributed by atoms with E-state index in [4.69, 9.17) is 0 Å². The van der Waals surface area contributed by atoms with Crippen molar-refractivity contribution in [3.8, 4) is 0 Å². The average molecular weight is 323 g/mol. The summed E-state index contributed by atoms with van der Waals surface area (Å²) in [4.78, 5) is 21.4. The molecule has 1 saturated heterocycles. The van der Waals surface area contributed by atoms with Gasteiger partial charge in [-0.25, -0.2) is 0 Å². The van der Waals surface area contributed by atoms with Gasteiger partial charge in [0.2, 0.25) is 0 Å². The van der Waals surface area contributed by atoms with Gasteiger partial charge in [0.1, 0.15) is 4.90 Å². The number of imide groups is 1. The molecule has 1 fully saturated rings. The average Bonchev–Trinajstić information content (AvgIpc) is 2.69. The number of rotatable bonds is 3. The molecule has 10 heteroatoms. The third-order valence-electron chi connectivity index (χ3n) is 2.64. The second kappa shape index (κ2) is 5.11. The van der Waals surface area contributed by atoms with Crippen molar-refractivity contribution in [1.29, 1.82) is 0 Å². The third kappa shape index (κ3) is 3.05. The standard InChI is InChI=1S/C11H8F3NO5S/c12-11(13,14)7-3-1-2-4-8(7)21(18,19)20-15-9(16)5-6-10(15)17/h1-4H,5-6H2. The van der Waals surface area contributed by atoms with Gasteiger partial charge in [-0.05, 0) is 12.1 Å². The zero-order valence-corrected chi connectivity index (χ0v) is 11.1. The Hall–Kier alpha value is -1.94. The zero-order chi connectivity index (χ0) is 15.8. The van der Waals surface area contributed by atoms with Gasteiger partial charge in [0.05, 0.1) is 5.56 Å². The van der Waals surface area contributed by atoms with Crippen LogP contribution in [-0.2, 0) is 30.2 Å². The Balaban J connectivity index is 2.42. The van der Waals surface area contributed by atoms with Crippen LogP contribution in [0.2, 0.25) is 0 Å². The van der Waals surface area contributed by atoms with Gasteiger partial charge in [-0.1, -0.05) is 12.1 Å². The molecule has 1 heterocycles. The summed E-state index contributed by atoms with van der Waals surface area (Å²) in [7, 11) is -4.96. The Morgan fingerprint density at radius 1 is 1.05 bits per heavy atom. The van der Waals surface area contributed by atoms with E-state index in [1.54, 1.807) is 0 Å². The first-order valence-electron chi connectivity index (χ1n) is 5.59. The lowest BCUT2D eigenvalue weighted by Crippen LogP contribution is -2.32. The normalized spacial score (nSPS) is 16.6. The van der Waals surface area contributed by atoms with E-state index in [0.29, 0.717) is 12.1 Å². The predicted molar refractivity (Wildman–Crippen MR) is 60.8 cm³/mol. The second-order valence-corrected chi connectivity index (χ2v) is 5.60. The molecule has 6 nitrogen and oxygen atoms in total. The molecule has 0 aromatic heterocycles. The van der Waals surface area contributed by atoms with Gasteiger partial charge < -0.3 is 0 Å². The molecule has 1 aliphatic rings. The number of hydrogen-bond acceptors (Lipinski definition) is 5. The van der Waals surface area contributed by atoms with Crippen LogP contribution < -0.4 is 0 Å². The monoisotopic (exact) mass is 323 g/mol. The van der Waals surface area contributed by atoms with E-state index in [-0.39, 0.29) is 17.9 Å². The molecule has 21 heavy (non-hydrogen) atoms. The smallest absolute Gasteiger partial charge is 0.272 e. The van der Waals surface area contributed by atoms with Crippen LogP contribution in [0.1, 0.15) is 18.4 Å². The maximum absolute atomic E-state index is 12.8. The van der Waals surface area contributed by atoms with E-state index < -0.39 is 38.6 Å². The Labute approximate surface area is 117 Å². The van der Waals surface area contributed by atoms with E-state index >= 15 is 0 Å². The molecule has 1 aromatic rings. The van der Waals surface area contributed by atoms with Crippen molar-refractivity contribution in [1.82, 2.24) is 5.06 Å². The van der Waals surface area contributed by atoms with Gasteiger partial charge in [0.25, 0.3) is 11.8 Å². The number of benzene rings is 1. The molecule has 2 rings (SSSR count). The number of carbonyl (C=O) groups excluding carboxylic acids is 2. The first-order valence-corrected chi connectivity index (χ1v) is 7.00. The van der Waals surface area contributed by atoms with Gasteiger partial charge >= 0.3 is 16.3 Å². The maximum Gasteiger partial charge on any atom is 0.417 e. The van der Waals surface area contributed by atoms with Gasteiger partial charge in [0.15, 0.2) is 0 Å². The van der Waals surface area contributed by atoms with E-state index in [1.807, 2.05) is 0 Å². The van der Waals surface area contributed by atoms with E-state index in [2.05, 4.69) is 4.28 Å². The first kappa shape index (κ1) is 15.4. The highest BCUT2D eigenvalue weighted by atomic mass is 32.2. The molecule has 0 saturated carbocycles. The number of hydroxylamine groups is 2. The third-order valence-corrected chi connectivity index (χ3v) is 3.88. The van der Waals surface area contributed by atoms with Crippen molar-refractivity contribution in [3.05, 3.63) is 29.8 Å². The van der Waals surface area contributed by atoms with Gasteiger partial charge in [-0.2, -0.15) is 21.6 Å². The second-order valence-electron chi connectivity index (χ2n) is 4.10. The summed E-state index contributed by atoms with van der Waals surface area (Å²) < 4.78 is 66.3. The van der Waals surface area contributed by atoms with Crippen LogP contribution >= 0.6 is 0 Å². The molecular weight excluding hydrogens is 315 g/mol. The largest absolute Gasteiger partial charge is 0.417 e. The van der Waals surface area contributed by atoms with Crippen molar-refractivity contribution in [2.45, 2.75) is 23.9 Å². The Bertz CT molecular complexity index is 682. The molecule has 1 aliphatic heterocycles. The van der Waals surface area contributed by atoms with Gasteiger partial charge in [0, 0.05) is 12.8 Å². The Morgan fingerprint density at radius 3 is 2.10 bits per heavy atom. The van der Waals surface area contributed by atoms with E-state index in [1.165, 1.54) is 0 Å². The number of carbonyl (C=O) groups is 2. The van der Waals surface area contributed by atoms with E-state index in [9.17, 15) is 31.2 Å². The summed E-state index contributed by atoms with van der Waals surface area (Å²) in [5.74, 6) is -1.85. The Kier molecular flexibility index (Phi) is 3.76.